The van der Waals surface area contributed by atoms with Gasteiger partial charge in [0.2, 0.25) is 0 Å². The number of anilines is 1. The lowest BCUT2D eigenvalue weighted by atomic mass is 10.1. The summed E-state index contributed by atoms with van der Waals surface area (Å²) in [4.78, 5) is 32.9. The van der Waals surface area contributed by atoms with Gasteiger partial charge >= 0.3 is 12.4 Å². The van der Waals surface area contributed by atoms with Crippen LogP contribution in [0.1, 0.15) is 32.2 Å². The number of halogens is 8. The molecule has 0 aliphatic heterocycles. The van der Waals surface area contributed by atoms with Gasteiger partial charge in [0, 0.05) is 45.8 Å². The van der Waals surface area contributed by atoms with Crippen molar-refractivity contribution in [2.24, 2.45) is 0 Å². The second-order valence-electron chi connectivity index (χ2n) is 10.6. The molecule has 0 atom stereocenters. The van der Waals surface area contributed by atoms with E-state index in [2.05, 4.69) is 25.7 Å². The number of nitrogens with one attached hydrogen (secondary N) is 2. The Hall–Kier alpha value is -4.70. The number of rotatable bonds is 8. The lowest BCUT2D eigenvalue weighted by Crippen LogP contribution is -2.19. The first-order valence-electron chi connectivity index (χ1n) is 14.7. The average molecular weight is 766 g/mol. The van der Waals surface area contributed by atoms with Crippen LogP contribution in [0.15, 0.2) is 90.0 Å². The maximum absolute atomic E-state index is 13.3. The SMILES string of the molecule is CNCCSc1cc(C(F)(F)F)nc2ccccc12.O=Cc1cc2ccccc2c(Cl)c1NC(=O)c1cc(C(F)(F)F)nn1-c1ncccc1Cl. The Morgan fingerprint density at radius 1 is 0.902 bits per heavy atom. The van der Waals surface area contributed by atoms with Gasteiger partial charge < -0.3 is 10.6 Å². The van der Waals surface area contributed by atoms with Crippen molar-refractivity contribution < 1.29 is 35.9 Å². The zero-order valence-corrected chi connectivity index (χ0v) is 28.4. The molecule has 0 aliphatic rings. The minimum atomic E-state index is -4.82. The number of aldehydes is 1. The molecule has 6 rings (SSSR count). The van der Waals surface area contributed by atoms with Crippen LogP contribution in [0.4, 0.5) is 32.0 Å². The Labute approximate surface area is 300 Å². The molecule has 6 aromatic rings. The second-order valence-corrected chi connectivity index (χ2v) is 12.5. The Morgan fingerprint density at radius 3 is 2.25 bits per heavy atom. The van der Waals surface area contributed by atoms with Crippen molar-refractivity contribution in [1.82, 2.24) is 25.1 Å². The van der Waals surface area contributed by atoms with Crippen molar-refractivity contribution in [3.05, 3.63) is 118 Å². The fourth-order valence-electron chi connectivity index (χ4n) is 4.77. The summed E-state index contributed by atoms with van der Waals surface area (Å²) in [7, 11) is 1.81. The van der Waals surface area contributed by atoms with E-state index in [-0.39, 0.29) is 27.1 Å². The summed E-state index contributed by atoms with van der Waals surface area (Å²) >= 11 is 13.9. The average Bonchev–Trinajstić information content (AvgIpc) is 3.56. The number of pyridine rings is 2. The lowest BCUT2D eigenvalue weighted by molar-refractivity contribution is -0.142. The third-order valence-electron chi connectivity index (χ3n) is 7.13. The number of para-hydroxylation sites is 1. The van der Waals surface area contributed by atoms with E-state index in [4.69, 9.17) is 23.2 Å². The van der Waals surface area contributed by atoms with Gasteiger partial charge in [0.15, 0.2) is 17.8 Å². The summed E-state index contributed by atoms with van der Waals surface area (Å²) in [5.41, 5.74) is -2.26. The molecule has 1 amide bonds. The van der Waals surface area contributed by atoms with Gasteiger partial charge in [0.25, 0.3) is 5.91 Å². The molecule has 0 saturated heterocycles. The van der Waals surface area contributed by atoms with Gasteiger partial charge in [-0.15, -0.1) is 11.8 Å². The van der Waals surface area contributed by atoms with Crippen LogP contribution in [0.25, 0.3) is 27.5 Å². The molecular formula is C34H24Cl2F6N6O2S. The van der Waals surface area contributed by atoms with E-state index in [1.54, 1.807) is 48.5 Å². The van der Waals surface area contributed by atoms with Crippen molar-refractivity contribution in [2.75, 3.05) is 24.7 Å². The number of carbonyl (C=O) groups is 2. The highest BCUT2D eigenvalue weighted by Gasteiger charge is 2.37. The number of carbonyl (C=O) groups excluding carboxylic acids is 2. The molecule has 0 radical (unpaired) electrons. The van der Waals surface area contributed by atoms with Crippen molar-refractivity contribution >= 4 is 74.5 Å². The molecule has 0 aliphatic carbocycles. The topological polar surface area (TPSA) is 102 Å². The summed E-state index contributed by atoms with van der Waals surface area (Å²) in [6.07, 6.45) is -7.46. The number of hydrogen-bond donors (Lipinski definition) is 2. The van der Waals surface area contributed by atoms with E-state index in [0.29, 0.717) is 44.0 Å². The van der Waals surface area contributed by atoms with Gasteiger partial charge in [-0.05, 0) is 42.8 Å². The Morgan fingerprint density at radius 2 is 1.59 bits per heavy atom. The normalized spacial score (nSPS) is 11.7. The molecule has 17 heteroatoms. The molecule has 264 valence electrons. The molecule has 0 spiro atoms. The molecular weight excluding hydrogens is 741 g/mol. The standard InChI is InChI=1S/C21H11Cl2F3N4O2.C13H13F3N2S/c22-14-6-3-7-27-19(14)30-15(9-16(29-30)21(24,25)26)20(32)28-18-12(10-31)8-11-4-1-2-5-13(11)17(18)23;1-17-6-7-19-11-8-12(13(14,15)16)18-10-5-3-2-4-9(10)11/h1-10H,(H,28,32);2-5,8,17H,6-7H2,1H3. The molecule has 0 bridgehead atoms. The number of amides is 1. The van der Waals surface area contributed by atoms with Crippen molar-refractivity contribution in [1.29, 1.82) is 0 Å². The fourth-order valence-corrected chi connectivity index (χ4v) is 6.35. The van der Waals surface area contributed by atoms with Gasteiger partial charge in [-0.2, -0.15) is 31.4 Å². The molecule has 3 aromatic carbocycles. The maximum Gasteiger partial charge on any atom is 0.435 e. The van der Waals surface area contributed by atoms with Gasteiger partial charge in [-0.25, -0.2) is 14.6 Å². The predicted octanol–water partition coefficient (Wildman–Crippen LogP) is 9.38. The molecule has 0 saturated carbocycles. The van der Waals surface area contributed by atoms with Gasteiger partial charge in [-0.1, -0.05) is 65.7 Å². The van der Waals surface area contributed by atoms with Crippen molar-refractivity contribution in [3.63, 3.8) is 0 Å². The van der Waals surface area contributed by atoms with Crippen LogP contribution >= 0.6 is 35.0 Å². The quantitative estimate of drug-likeness (QED) is 0.0690. The van der Waals surface area contributed by atoms with Crippen LogP contribution < -0.4 is 10.6 Å². The van der Waals surface area contributed by atoms with Gasteiger partial charge in [0.05, 0.1) is 21.2 Å². The molecule has 3 heterocycles. The minimum absolute atomic E-state index is 0.0179. The Kier molecular flexibility index (Phi) is 11.5. The molecule has 8 nitrogen and oxygen atoms in total. The predicted molar refractivity (Wildman–Crippen MR) is 185 cm³/mol. The largest absolute Gasteiger partial charge is 0.435 e. The van der Waals surface area contributed by atoms with Crippen LogP contribution in [0.2, 0.25) is 10.0 Å². The number of alkyl halides is 6. The third-order valence-corrected chi connectivity index (χ3v) is 8.88. The first kappa shape index (κ1) is 37.6. The number of aromatic nitrogens is 4. The van der Waals surface area contributed by atoms with Gasteiger partial charge in [-0.3, -0.25) is 9.59 Å². The Balaban J connectivity index is 0.000000226. The highest BCUT2D eigenvalue weighted by atomic mass is 35.5. The summed E-state index contributed by atoms with van der Waals surface area (Å²) in [6, 6.07) is 19.9. The highest BCUT2D eigenvalue weighted by Crippen LogP contribution is 2.36. The van der Waals surface area contributed by atoms with Crippen molar-refractivity contribution in [2.45, 2.75) is 17.2 Å². The van der Waals surface area contributed by atoms with Crippen LogP contribution in [0, 0.1) is 0 Å². The van der Waals surface area contributed by atoms with E-state index in [1.807, 2.05) is 7.05 Å². The molecule has 0 fully saturated rings. The molecule has 51 heavy (non-hydrogen) atoms. The summed E-state index contributed by atoms with van der Waals surface area (Å²) in [5.74, 6) is -0.452. The minimum Gasteiger partial charge on any atom is -0.319 e. The number of thioether (sulfide) groups is 1. The fraction of sp³-hybridized carbons (Fsp3) is 0.147. The zero-order valence-electron chi connectivity index (χ0n) is 26.1. The van der Waals surface area contributed by atoms with E-state index >= 15 is 0 Å². The first-order chi connectivity index (χ1) is 24.2. The maximum atomic E-state index is 13.3. The molecule has 3 aromatic heterocycles. The monoisotopic (exact) mass is 764 g/mol. The number of hydrogen-bond acceptors (Lipinski definition) is 7. The van der Waals surface area contributed by atoms with Crippen LogP contribution in [0.3, 0.4) is 0 Å². The van der Waals surface area contributed by atoms with Crippen LogP contribution in [0.5, 0.6) is 0 Å². The lowest BCUT2D eigenvalue weighted by Gasteiger charge is -2.13. The summed E-state index contributed by atoms with van der Waals surface area (Å²) in [5, 5.41) is 10.9. The van der Waals surface area contributed by atoms with Gasteiger partial charge in [0.1, 0.15) is 11.4 Å². The highest BCUT2D eigenvalue weighted by molar-refractivity contribution is 7.99. The smallest absolute Gasteiger partial charge is 0.319 e. The van der Waals surface area contributed by atoms with Crippen LogP contribution in [-0.2, 0) is 12.4 Å². The van der Waals surface area contributed by atoms with E-state index in [1.165, 1.54) is 36.2 Å². The molecule has 2 N–H and O–H groups in total. The van der Waals surface area contributed by atoms with E-state index in [9.17, 15) is 35.9 Å². The van der Waals surface area contributed by atoms with E-state index < -0.39 is 35.3 Å². The van der Waals surface area contributed by atoms with Crippen molar-refractivity contribution in [3.8, 4) is 5.82 Å². The molecule has 0 unspecified atom stereocenters. The number of nitrogens with zero attached hydrogens (tertiary/aromatic N) is 4. The Bertz CT molecular complexity index is 2230. The summed E-state index contributed by atoms with van der Waals surface area (Å²) in [6.45, 7) is 0.739. The van der Waals surface area contributed by atoms with E-state index in [0.717, 1.165) is 18.0 Å². The van der Waals surface area contributed by atoms with Crippen LogP contribution in [-0.4, -0.2) is 51.3 Å². The third kappa shape index (κ3) is 8.61. The second kappa shape index (κ2) is 15.7. The number of benzene rings is 3. The first-order valence-corrected chi connectivity index (χ1v) is 16.5. The zero-order chi connectivity index (χ0) is 36.9. The summed E-state index contributed by atoms with van der Waals surface area (Å²) < 4.78 is 79.0. The number of fused-ring (bicyclic) bond motifs is 2.